The first kappa shape index (κ1) is 16.9. The summed E-state index contributed by atoms with van der Waals surface area (Å²) in [6.07, 6.45) is 8.90. The first-order valence-electron chi connectivity index (χ1n) is 6.75. The zero-order valence-electron chi connectivity index (χ0n) is 12.1. The normalized spacial score (nSPS) is 14.4. The quantitative estimate of drug-likeness (QED) is 0.358. The lowest BCUT2D eigenvalue weighted by molar-refractivity contribution is -0.147. The van der Waals surface area contributed by atoms with Gasteiger partial charge in [0, 0.05) is 13.3 Å². The monoisotopic (exact) mass is 254 g/mol. The fraction of sp³-hybridized carbons (Fsp3) is 0.733. The van der Waals surface area contributed by atoms with Crippen molar-refractivity contribution < 1.29 is 14.3 Å². The van der Waals surface area contributed by atoms with Gasteiger partial charge in [-0.15, -0.1) is 0 Å². The molecule has 3 nitrogen and oxygen atoms in total. The van der Waals surface area contributed by atoms with Gasteiger partial charge in [-0.2, -0.15) is 0 Å². The molecule has 0 saturated carbocycles. The molecular weight excluding hydrogens is 228 g/mol. The molecule has 0 spiro atoms. The molecule has 0 fully saturated rings. The molecule has 3 heteroatoms. The van der Waals surface area contributed by atoms with Gasteiger partial charge >= 0.3 is 5.97 Å². The number of allylic oxidation sites excluding steroid dienone is 2. The highest BCUT2D eigenvalue weighted by molar-refractivity contribution is 5.75. The molecule has 0 saturated heterocycles. The van der Waals surface area contributed by atoms with E-state index in [2.05, 4.69) is 19.1 Å². The Kier molecular flexibility index (Phi) is 9.25. The van der Waals surface area contributed by atoms with E-state index in [-0.39, 0.29) is 17.9 Å². The van der Waals surface area contributed by atoms with Crippen LogP contribution in [0.3, 0.4) is 0 Å². The topological polar surface area (TPSA) is 43.4 Å². The first-order valence-corrected chi connectivity index (χ1v) is 6.75. The molecular formula is C15H26O3. The molecule has 0 aromatic rings. The third kappa shape index (κ3) is 10.1. The Balaban J connectivity index is 3.62. The summed E-state index contributed by atoms with van der Waals surface area (Å²) in [6, 6.07) is 0. The number of Topliss-reactive ketones (excluding diaryl/α,β-unsaturated/α-hetero) is 1. The van der Waals surface area contributed by atoms with E-state index in [1.54, 1.807) is 6.92 Å². The van der Waals surface area contributed by atoms with Crippen molar-refractivity contribution in [1.82, 2.24) is 0 Å². The van der Waals surface area contributed by atoms with Gasteiger partial charge in [0.2, 0.25) is 0 Å². The summed E-state index contributed by atoms with van der Waals surface area (Å²) < 4.78 is 5.12. The predicted octanol–water partition coefficient (Wildman–Crippen LogP) is 3.67. The summed E-state index contributed by atoms with van der Waals surface area (Å²) in [7, 11) is 0. The fourth-order valence-electron chi connectivity index (χ4n) is 1.63. The number of ketones is 1. The molecule has 0 aromatic heterocycles. The zero-order chi connectivity index (χ0) is 14.0. The molecule has 2 atom stereocenters. The Bertz CT molecular complexity index is 281. The molecule has 0 aliphatic rings. The van der Waals surface area contributed by atoms with Gasteiger partial charge in [-0.05, 0) is 45.4 Å². The highest BCUT2D eigenvalue weighted by atomic mass is 16.5. The summed E-state index contributed by atoms with van der Waals surface area (Å²) in [4.78, 5) is 21.5. The molecule has 18 heavy (non-hydrogen) atoms. The third-order valence-corrected chi connectivity index (χ3v) is 2.98. The van der Waals surface area contributed by atoms with E-state index in [0.717, 1.165) is 25.7 Å². The smallest absolute Gasteiger partial charge is 0.302 e. The van der Waals surface area contributed by atoms with E-state index in [4.69, 9.17) is 4.74 Å². The molecule has 0 heterocycles. The Morgan fingerprint density at radius 3 is 2.33 bits per heavy atom. The van der Waals surface area contributed by atoms with Gasteiger partial charge in [0.15, 0.2) is 0 Å². The van der Waals surface area contributed by atoms with E-state index in [9.17, 15) is 9.59 Å². The second kappa shape index (κ2) is 9.86. The van der Waals surface area contributed by atoms with Crippen LogP contribution in [0.5, 0.6) is 0 Å². The molecule has 0 bridgehead atoms. The maximum absolute atomic E-state index is 10.8. The van der Waals surface area contributed by atoms with Crippen LogP contribution in [-0.4, -0.2) is 17.9 Å². The standard InChI is InChI=1S/C15H26O3/c1-12(14(3)18-15(4)17)10-8-6-5-7-9-11-13(2)16/h6,8,12,14H,5,7,9-11H2,1-4H3/b8-6+/t12-,14?/m1/s1. The summed E-state index contributed by atoms with van der Waals surface area (Å²) >= 11 is 0. The molecule has 0 aliphatic carbocycles. The molecule has 0 N–H and O–H groups in total. The number of ether oxygens (including phenoxy) is 1. The lowest BCUT2D eigenvalue weighted by atomic mass is 10.0. The van der Waals surface area contributed by atoms with Gasteiger partial charge in [-0.25, -0.2) is 0 Å². The van der Waals surface area contributed by atoms with E-state index in [1.807, 2.05) is 6.92 Å². The summed E-state index contributed by atoms with van der Waals surface area (Å²) in [5.74, 6) is 0.382. The summed E-state index contributed by atoms with van der Waals surface area (Å²) in [5, 5.41) is 0. The predicted molar refractivity (Wildman–Crippen MR) is 73.3 cm³/mol. The lowest BCUT2D eigenvalue weighted by Gasteiger charge is -2.17. The Hall–Kier alpha value is -1.12. The summed E-state index contributed by atoms with van der Waals surface area (Å²) in [5.41, 5.74) is 0. The van der Waals surface area contributed by atoms with Crippen molar-refractivity contribution in [2.75, 3.05) is 0 Å². The minimum absolute atomic E-state index is 0.0372. The highest BCUT2D eigenvalue weighted by Gasteiger charge is 2.12. The second-order valence-electron chi connectivity index (χ2n) is 4.95. The number of esters is 1. The van der Waals surface area contributed by atoms with Crippen molar-refractivity contribution in [3.63, 3.8) is 0 Å². The molecule has 1 unspecified atom stereocenters. The number of carbonyl (C=O) groups excluding carboxylic acids is 2. The van der Waals surface area contributed by atoms with Crippen molar-refractivity contribution in [2.45, 2.75) is 65.9 Å². The average molecular weight is 254 g/mol. The van der Waals surface area contributed by atoms with Gasteiger partial charge in [-0.3, -0.25) is 4.79 Å². The minimum atomic E-state index is -0.220. The van der Waals surface area contributed by atoms with Crippen molar-refractivity contribution in [2.24, 2.45) is 5.92 Å². The van der Waals surface area contributed by atoms with Crippen LogP contribution >= 0.6 is 0 Å². The van der Waals surface area contributed by atoms with E-state index in [0.29, 0.717) is 12.3 Å². The van der Waals surface area contributed by atoms with Gasteiger partial charge in [-0.1, -0.05) is 19.1 Å². The molecule has 0 radical (unpaired) electrons. The maximum Gasteiger partial charge on any atom is 0.302 e. The lowest BCUT2D eigenvalue weighted by Crippen LogP contribution is -2.20. The molecule has 0 aliphatic heterocycles. The van der Waals surface area contributed by atoms with Crippen LogP contribution in [-0.2, 0) is 14.3 Å². The Morgan fingerprint density at radius 2 is 1.78 bits per heavy atom. The highest BCUT2D eigenvalue weighted by Crippen LogP contribution is 2.13. The third-order valence-electron chi connectivity index (χ3n) is 2.98. The molecule has 104 valence electrons. The van der Waals surface area contributed by atoms with Crippen LogP contribution in [0.1, 0.15) is 59.8 Å². The Morgan fingerprint density at radius 1 is 1.11 bits per heavy atom. The van der Waals surface area contributed by atoms with E-state index in [1.165, 1.54) is 6.92 Å². The summed E-state index contributed by atoms with van der Waals surface area (Å²) in [6.45, 7) is 7.07. The van der Waals surface area contributed by atoms with Crippen molar-refractivity contribution >= 4 is 11.8 Å². The van der Waals surface area contributed by atoms with Crippen LogP contribution in [0, 0.1) is 5.92 Å². The SMILES string of the molecule is CC(=O)CCCC/C=C/C[C@@H](C)C(C)OC(C)=O. The first-order chi connectivity index (χ1) is 8.43. The molecule has 0 aromatic carbocycles. The maximum atomic E-state index is 10.8. The van der Waals surface area contributed by atoms with E-state index < -0.39 is 0 Å². The number of hydrogen-bond donors (Lipinski definition) is 0. The van der Waals surface area contributed by atoms with Crippen molar-refractivity contribution in [3.8, 4) is 0 Å². The van der Waals surface area contributed by atoms with Crippen molar-refractivity contribution in [3.05, 3.63) is 12.2 Å². The number of unbranched alkanes of at least 4 members (excludes halogenated alkanes) is 2. The Labute approximate surface area is 111 Å². The molecule has 0 rings (SSSR count). The average Bonchev–Trinajstić information content (AvgIpc) is 2.26. The van der Waals surface area contributed by atoms with Crippen LogP contribution in [0.15, 0.2) is 12.2 Å². The van der Waals surface area contributed by atoms with Gasteiger partial charge in [0.1, 0.15) is 11.9 Å². The van der Waals surface area contributed by atoms with Crippen LogP contribution in [0.25, 0.3) is 0 Å². The minimum Gasteiger partial charge on any atom is -0.463 e. The zero-order valence-corrected chi connectivity index (χ0v) is 12.1. The number of hydrogen-bond acceptors (Lipinski definition) is 3. The van der Waals surface area contributed by atoms with Gasteiger partial charge < -0.3 is 9.53 Å². The van der Waals surface area contributed by atoms with Crippen LogP contribution in [0.4, 0.5) is 0 Å². The van der Waals surface area contributed by atoms with Crippen LogP contribution < -0.4 is 0 Å². The fourth-order valence-corrected chi connectivity index (χ4v) is 1.63. The van der Waals surface area contributed by atoms with Gasteiger partial charge in [0.05, 0.1) is 0 Å². The number of carbonyl (C=O) groups is 2. The van der Waals surface area contributed by atoms with E-state index >= 15 is 0 Å². The van der Waals surface area contributed by atoms with Crippen LogP contribution in [0.2, 0.25) is 0 Å². The molecule has 0 amide bonds. The second-order valence-corrected chi connectivity index (χ2v) is 4.95. The number of rotatable bonds is 9. The van der Waals surface area contributed by atoms with Crippen molar-refractivity contribution in [1.29, 1.82) is 0 Å². The largest absolute Gasteiger partial charge is 0.463 e. The van der Waals surface area contributed by atoms with Gasteiger partial charge in [0.25, 0.3) is 0 Å².